The van der Waals surface area contributed by atoms with E-state index in [4.69, 9.17) is 9.83 Å². The van der Waals surface area contributed by atoms with E-state index in [2.05, 4.69) is 15.0 Å². The fraction of sp³-hybridized carbons (Fsp3) is 0. The van der Waals surface area contributed by atoms with Gasteiger partial charge in [-0.25, -0.2) is 15.0 Å². The number of aromatic amines is 1. The molecule has 7 nitrogen and oxygen atoms in total. The molecule has 0 spiro atoms. The number of hydrogen-bond acceptors (Lipinski definition) is 5. The van der Waals surface area contributed by atoms with Gasteiger partial charge in [0.2, 0.25) is 0 Å². The Hall–Kier alpha value is -3.19. The predicted octanol–water partition coefficient (Wildman–Crippen LogP) is 2.93. The molecule has 108 valence electrons. The zero-order chi connectivity index (χ0) is 15.1. The van der Waals surface area contributed by atoms with E-state index in [1.807, 2.05) is 12.1 Å². The van der Waals surface area contributed by atoms with Crippen LogP contribution in [-0.4, -0.2) is 26.0 Å². The van der Waals surface area contributed by atoms with Gasteiger partial charge < -0.3 is 9.40 Å². The van der Waals surface area contributed by atoms with Crippen LogP contribution in [0.15, 0.2) is 53.5 Å². The number of nitrogens with zero attached hydrogens (tertiary/aromatic N) is 3. The minimum atomic E-state index is -0.0810. The maximum Gasteiger partial charge on any atom is 0.178 e. The van der Waals surface area contributed by atoms with E-state index in [-0.39, 0.29) is 5.84 Å². The van der Waals surface area contributed by atoms with Crippen molar-refractivity contribution in [3.63, 3.8) is 0 Å². The Kier molecular flexibility index (Phi) is 2.67. The van der Waals surface area contributed by atoms with E-state index in [1.165, 1.54) is 6.33 Å². The van der Waals surface area contributed by atoms with E-state index in [1.54, 1.807) is 30.7 Å². The lowest BCUT2D eigenvalue weighted by Crippen LogP contribution is -2.27. The Balaban J connectivity index is 1.76. The molecule has 3 N–H and O–H groups in total. The molecule has 3 aromatic heterocycles. The third-order valence-corrected chi connectivity index (χ3v) is 3.48. The lowest BCUT2D eigenvalue weighted by molar-refractivity contribution is 0.312. The van der Waals surface area contributed by atoms with Crippen LogP contribution in [0.5, 0.6) is 0 Å². The number of benzene rings is 1. The molecule has 0 bridgehead atoms. The van der Waals surface area contributed by atoms with Crippen LogP contribution < -0.4 is 5.06 Å². The molecule has 0 unspecified atom stereocenters. The molecule has 0 aliphatic heterocycles. The molecule has 0 saturated carbocycles. The topological polar surface area (TPSA) is 102 Å². The summed E-state index contributed by atoms with van der Waals surface area (Å²) in [6.45, 7) is 0. The van der Waals surface area contributed by atoms with Gasteiger partial charge in [-0.15, -0.1) is 0 Å². The third kappa shape index (κ3) is 1.84. The number of aromatic nitrogens is 3. The summed E-state index contributed by atoms with van der Waals surface area (Å²) in [5.41, 5.74) is 2.69. The largest absolute Gasteiger partial charge is 0.464 e. The van der Waals surface area contributed by atoms with Gasteiger partial charge in [0.25, 0.3) is 0 Å². The van der Waals surface area contributed by atoms with Gasteiger partial charge in [0.1, 0.15) is 5.58 Å². The second-order valence-electron chi connectivity index (χ2n) is 4.76. The summed E-state index contributed by atoms with van der Waals surface area (Å²) in [7, 11) is 0. The Bertz CT molecular complexity index is 988. The van der Waals surface area contributed by atoms with Gasteiger partial charge in [0.05, 0.1) is 23.8 Å². The molecule has 3 heterocycles. The molecular weight excluding hydrogens is 282 g/mol. The summed E-state index contributed by atoms with van der Waals surface area (Å²) in [4.78, 5) is 11.1. The highest BCUT2D eigenvalue weighted by molar-refractivity contribution is 6.12. The average Bonchev–Trinajstić information content (AvgIpc) is 3.20. The SMILES string of the molecule is N=C(c1ccnc2nc[nH]c12)N(O)c1ccc2ccoc2c1. The van der Waals surface area contributed by atoms with Crippen LogP contribution in [0, 0.1) is 5.41 Å². The van der Waals surface area contributed by atoms with Crippen LogP contribution in [0.2, 0.25) is 0 Å². The number of anilines is 1. The molecule has 1 aromatic carbocycles. The van der Waals surface area contributed by atoms with Crippen molar-refractivity contribution in [3.8, 4) is 0 Å². The van der Waals surface area contributed by atoms with Crippen molar-refractivity contribution >= 4 is 33.7 Å². The Labute approximate surface area is 124 Å². The standard InChI is InChI=1S/C15H11N5O2/c16-14(11-3-5-17-15-13(11)18-8-19-15)20(21)10-2-1-9-4-6-22-12(9)7-10/h1-8,16,21H,(H,17,18,19). The Morgan fingerprint density at radius 1 is 1.23 bits per heavy atom. The highest BCUT2D eigenvalue weighted by atomic mass is 16.5. The molecule has 7 heteroatoms. The molecule has 0 amide bonds. The Morgan fingerprint density at radius 3 is 3.05 bits per heavy atom. The molecule has 0 saturated heterocycles. The number of H-pyrrole nitrogens is 1. The fourth-order valence-corrected chi connectivity index (χ4v) is 2.36. The molecule has 0 aliphatic rings. The van der Waals surface area contributed by atoms with Crippen molar-refractivity contribution in [2.75, 3.05) is 5.06 Å². The zero-order valence-corrected chi connectivity index (χ0v) is 11.3. The molecule has 0 radical (unpaired) electrons. The van der Waals surface area contributed by atoms with Crippen LogP contribution in [0.25, 0.3) is 22.1 Å². The summed E-state index contributed by atoms with van der Waals surface area (Å²) in [5.74, 6) is -0.0810. The lowest BCUT2D eigenvalue weighted by Gasteiger charge is -2.17. The predicted molar refractivity (Wildman–Crippen MR) is 81.2 cm³/mol. The molecule has 0 atom stereocenters. The van der Waals surface area contributed by atoms with Gasteiger partial charge in [-0.3, -0.25) is 10.6 Å². The zero-order valence-electron chi connectivity index (χ0n) is 11.3. The maximum atomic E-state index is 10.3. The maximum absolute atomic E-state index is 10.3. The first-order valence-corrected chi connectivity index (χ1v) is 6.57. The van der Waals surface area contributed by atoms with Crippen LogP contribution in [0.1, 0.15) is 5.56 Å². The number of pyridine rings is 1. The van der Waals surface area contributed by atoms with Gasteiger partial charge in [0.15, 0.2) is 11.5 Å². The van der Waals surface area contributed by atoms with E-state index in [9.17, 15) is 5.21 Å². The minimum absolute atomic E-state index is 0.0810. The van der Waals surface area contributed by atoms with E-state index >= 15 is 0 Å². The summed E-state index contributed by atoms with van der Waals surface area (Å²) in [6, 6.07) is 8.70. The normalized spacial score (nSPS) is 11.1. The number of hydroxylamine groups is 1. The number of amidine groups is 1. The number of hydrogen-bond donors (Lipinski definition) is 3. The van der Waals surface area contributed by atoms with Crippen molar-refractivity contribution in [1.29, 1.82) is 5.41 Å². The molecule has 22 heavy (non-hydrogen) atoms. The highest BCUT2D eigenvalue weighted by Gasteiger charge is 2.16. The molecular formula is C15H11N5O2. The first-order valence-electron chi connectivity index (χ1n) is 6.57. The summed E-state index contributed by atoms with van der Waals surface area (Å²) in [5, 5.41) is 20.3. The van der Waals surface area contributed by atoms with Crippen molar-refractivity contribution in [3.05, 3.63) is 54.7 Å². The van der Waals surface area contributed by atoms with Crippen LogP contribution in [-0.2, 0) is 0 Å². The van der Waals surface area contributed by atoms with Gasteiger partial charge >= 0.3 is 0 Å². The monoisotopic (exact) mass is 293 g/mol. The summed E-state index contributed by atoms with van der Waals surface area (Å²) in [6.07, 6.45) is 4.64. The van der Waals surface area contributed by atoms with Gasteiger partial charge in [-0.2, -0.15) is 0 Å². The van der Waals surface area contributed by atoms with Crippen LogP contribution in [0.3, 0.4) is 0 Å². The minimum Gasteiger partial charge on any atom is -0.464 e. The second-order valence-corrected chi connectivity index (χ2v) is 4.76. The molecule has 4 aromatic rings. The van der Waals surface area contributed by atoms with Gasteiger partial charge in [-0.1, -0.05) is 0 Å². The van der Waals surface area contributed by atoms with Crippen molar-refractivity contribution in [2.24, 2.45) is 0 Å². The van der Waals surface area contributed by atoms with Crippen LogP contribution >= 0.6 is 0 Å². The number of furan rings is 1. The lowest BCUT2D eigenvalue weighted by atomic mass is 10.2. The first-order chi connectivity index (χ1) is 10.7. The highest BCUT2D eigenvalue weighted by Crippen LogP contribution is 2.24. The smallest absolute Gasteiger partial charge is 0.178 e. The van der Waals surface area contributed by atoms with Gasteiger partial charge in [0, 0.05) is 23.2 Å². The second kappa shape index (κ2) is 4.68. The summed E-state index contributed by atoms with van der Waals surface area (Å²) < 4.78 is 5.32. The number of fused-ring (bicyclic) bond motifs is 2. The van der Waals surface area contributed by atoms with E-state index in [0.717, 1.165) is 10.4 Å². The summed E-state index contributed by atoms with van der Waals surface area (Å²) >= 11 is 0. The van der Waals surface area contributed by atoms with Crippen molar-refractivity contribution in [2.45, 2.75) is 0 Å². The molecule has 4 rings (SSSR count). The fourth-order valence-electron chi connectivity index (χ4n) is 2.36. The average molecular weight is 293 g/mol. The van der Waals surface area contributed by atoms with Crippen molar-refractivity contribution in [1.82, 2.24) is 15.0 Å². The number of imidazole rings is 1. The van der Waals surface area contributed by atoms with Crippen molar-refractivity contribution < 1.29 is 9.62 Å². The molecule has 0 aliphatic carbocycles. The number of rotatable bonds is 2. The van der Waals surface area contributed by atoms with Gasteiger partial charge in [-0.05, 0) is 24.3 Å². The first kappa shape index (κ1) is 12.5. The van der Waals surface area contributed by atoms with Crippen LogP contribution in [0.4, 0.5) is 5.69 Å². The van der Waals surface area contributed by atoms with E-state index in [0.29, 0.717) is 28.0 Å². The third-order valence-electron chi connectivity index (χ3n) is 3.48. The quantitative estimate of drug-likeness (QED) is 0.299. The molecule has 0 fully saturated rings. The number of nitrogens with one attached hydrogen (secondary N) is 2. The van der Waals surface area contributed by atoms with E-state index < -0.39 is 0 Å². The Morgan fingerprint density at radius 2 is 2.14 bits per heavy atom.